The third-order valence-corrected chi connectivity index (χ3v) is 6.06. The van der Waals surface area contributed by atoms with E-state index in [0.29, 0.717) is 17.1 Å². The summed E-state index contributed by atoms with van der Waals surface area (Å²) >= 11 is 0. The van der Waals surface area contributed by atoms with Gasteiger partial charge in [-0.15, -0.1) is 5.47 Å². The number of hydrogen-bond donors (Lipinski definition) is 0. The van der Waals surface area contributed by atoms with Gasteiger partial charge in [0.25, 0.3) is 0 Å². The minimum absolute atomic E-state index is 0.0968. The van der Waals surface area contributed by atoms with Crippen LogP contribution < -0.4 is 4.74 Å². The maximum Gasteiger partial charge on any atom is 0.314 e. The zero-order valence-electron chi connectivity index (χ0n) is 17.6. The molecule has 2 aromatic carbocycles. The molecule has 0 radical (unpaired) electrons. The smallest absolute Gasteiger partial charge is 0.314 e. The molecule has 29 heavy (non-hydrogen) atoms. The third-order valence-electron chi connectivity index (χ3n) is 6.06. The summed E-state index contributed by atoms with van der Waals surface area (Å²) in [4.78, 5) is 13.0. The topological polar surface area (TPSA) is 59.3 Å². The molecule has 0 spiro atoms. The molecule has 0 N–H and O–H groups in total. The molecule has 0 aromatic heterocycles. The Hall–Kier alpha value is -3.00. The molecule has 0 bridgehead atoms. The fraction of sp³-hybridized carbons (Fsp3) is 0.333. The van der Waals surface area contributed by atoms with Gasteiger partial charge in [-0.1, -0.05) is 57.2 Å². The number of rotatable bonds is 6. The molecule has 1 fully saturated rings. The molecular formula is C24H26BNO3. The Labute approximate surface area is 173 Å². The fourth-order valence-electron chi connectivity index (χ4n) is 3.89. The third kappa shape index (κ3) is 3.93. The molecule has 4 nitrogen and oxygen atoms in total. The van der Waals surface area contributed by atoms with Crippen LogP contribution in [0.25, 0.3) is 0 Å². The van der Waals surface area contributed by atoms with E-state index in [4.69, 9.17) is 9.47 Å². The molecule has 3 atom stereocenters. The van der Waals surface area contributed by atoms with E-state index in [1.807, 2.05) is 58.1 Å². The van der Waals surface area contributed by atoms with Gasteiger partial charge >= 0.3 is 5.97 Å². The molecule has 0 heterocycles. The van der Waals surface area contributed by atoms with Crippen LogP contribution in [0, 0.1) is 28.1 Å². The lowest BCUT2D eigenvalue weighted by Gasteiger charge is -2.18. The van der Waals surface area contributed by atoms with Crippen LogP contribution in [-0.4, -0.2) is 13.8 Å². The first kappa shape index (κ1) is 20.7. The second kappa shape index (κ2) is 7.79. The molecule has 1 aliphatic rings. The lowest BCUT2D eigenvalue weighted by atomic mass is 9.94. The average molecular weight is 387 g/mol. The average Bonchev–Trinajstić information content (AvgIpc) is 3.12. The van der Waals surface area contributed by atoms with E-state index in [1.165, 1.54) is 5.47 Å². The van der Waals surface area contributed by atoms with Gasteiger partial charge in [0.1, 0.15) is 25.4 Å². The Balaban J connectivity index is 1.77. The summed E-state index contributed by atoms with van der Waals surface area (Å²) < 4.78 is 11.5. The first-order valence-electron chi connectivity index (χ1n) is 9.78. The summed E-state index contributed by atoms with van der Waals surface area (Å²) in [6.07, 6.45) is 1.14. The van der Waals surface area contributed by atoms with Gasteiger partial charge < -0.3 is 9.47 Å². The molecule has 1 saturated carbocycles. The maximum absolute atomic E-state index is 13.0. The lowest BCUT2D eigenvalue weighted by Crippen LogP contribution is -2.23. The number of nitriles is 1. The molecule has 148 valence electrons. The number of para-hydroxylation sites is 1. The molecule has 2 aromatic rings. The summed E-state index contributed by atoms with van der Waals surface area (Å²) in [6, 6.07) is 18.6. The van der Waals surface area contributed by atoms with Crippen LogP contribution in [-0.2, 0) is 9.53 Å². The van der Waals surface area contributed by atoms with Crippen molar-refractivity contribution in [3.05, 3.63) is 71.7 Å². The van der Waals surface area contributed by atoms with Crippen molar-refractivity contribution in [2.45, 2.75) is 33.8 Å². The van der Waals surface area contributed by atoms with Crippen molar-refractivity contribution in [3.63, 3.8) is 0 Å². The fourth-order valence-corrected chi connectivity index (χ4v) is 3.89. The second-order valence-corrected chi connectivity index (χ2v) is 8.55. The summed E-state index contributed by atoms with van der Waals surface area (Å²) in [6.45, 7) is 8.07. The summed E-state index contributed by atoms with van der Waals surface area (Å²) in [5.41, 5.74) is 0.911. The van der Waals surface area contributed by atoms with E-state index in [2.05, 4.69) is 26.0 Å². The predicted octanol–water partition coefficient (Wildman–Crippen LogP) is 4.79. The molecule has 0 amide bonds. The Morgan fingerprint density at radius 1 is 1.14 bits per heavy atom. The highest BCUT2D eigenvalue weighted by atomic mass is 16.5. The Morgan fingerprint density at radius 2 is 1.79 bits per heavy atom. The van der Waals surface area contributed by atoms with Crippen LogP contribution in [0.4, 0.5) is 0 Å². The summed E-state index contributed by atoms with van der Waals surface area (Å²) in [5, 5.41) is 9.66. The van der Waals surface area contributed by atoms with Crippen LogP contribution >= 0.6 is 0 Å². The number of allylic oxidation sites excluding steroid dienone is 2. The standard InChI is InChI=1S/C24H26BNO3/c1-16(25)13-21-23(2,3)24(21,4)22(27)29-20(15-26)17-9-8-12-19(14-17)28-18-10-6-5-7-11-18/h5-14,20-21H,25H2,1-4H3/b16-13+. The van der Waals surface area contributed by atoms with E-state index in [0.717, 1.165) is 0 Å². The van der Waals surface area contributed by atoms with Crippen molar-refractivity contribution >= 4 is 13.8 Å². The molecule has 1 aliphatic carbocycles. The maximum atomic E-state index is 13.0. The van der Waals surface area contributed by atoms with Crippen LogP contribution in [0.5, 0.6) is 11.5 Å². The molecule has 0 saturated heterocycles. The van der Waals surface area contributed by atoms with Gasteiger partial charge in [-0.05, 0) is 42.5 Å². The molecule has 3 rings (SSSR count). The van der Waals surface area contributed by atoms with Crippen molar-refractivity contribution in [2.24, 2.45) is 16.7 Å². The van der Waals surface area contributed by atoms with Crippen molar-refractivity contribution in [1.82, 2.24) is 0 Å². The Kier molecular flexibility index (Phi) is 5.57. The SMILES string of the molecule is B/C(C)=C/C1C(C)(C)C1(C)C(=O)OC(C#N)c1cccc(Oc2ccccc2)c1. The second-order valence-electron chi connectivity index (χ2n) is 8.55. The molecule has 0 aliphatic heterocycles. The molecule has 5 heteroatoms. The number of nitrogens with zero attached hydrogens (tertiary/aromatic N) is 1. The van der Waals surface area contributed by atoms with Crippen LogP contribution in [0.3, 0.4) is 0 Å². The van der Waals surface area contributed by atoms with Crippen molar-refractivity contribution in [3.8, 4) is 17.6 Å². The van der Waals surface area contributed by atoms with Gasteiger partial charge in [0.15, 0.2) is 0 Å². The van der Waals surface area contributed by atoms with Gasteiger partial charge in [-0.25, -0.2) is 0 Å². The highest BCUT2D eigenvalue weighted by molar-refractivity contribution is 6.21. The van der Waals surface area contributed by atoms with Gasteiger partial charge in [-0.3, -0.25) is 4.79 Å². The number of benzene rings is 2. The van der Waals surface area contributed by atoms with Gasteiger partial charge in [-0.2, -0.15) is 5.26 Å². The number of hydrogen-bond acceptors (Lipinski definition) is 4. The molecule has 3 unspecified atom stereocenters. The quantitative estimate of drug-likeness (QED) is 0.528. The summed E-state index contributed by atoms with van der Waals surface area (Å²) in [7, 11) is 2.02. The van der Waals surface area contributed by atoms with Gasteiger partial charge in [0, 0.05) is 5.56 Å². The first-order valence-corrected chi connectivity index (χ1v) is 9.78. The van der Waals surface area contributed by atoms with Crippen molar-refractivity contribution in [2.75, 3.05) is 0 Å². The van der Waals surface area contributed by atoms with Crippen LogP contribution in [0.15, 0.2) is 66.1 Å². The molecular weight excluding hydrogens is 361 g/mol. The van der Waals surface area contributed by atoms with Crippen LogP contribution in [0.1, 0.15) is 39.4 Å². The predicted molar refractivity (Wildman–Crippen MR) is 115 cm³/mol. The Morgan fingerprint density at radius 3 is 2.41 bits per heavy atom. The van der Waals surface area contributed by atoms with Crippen molar-refractivity contribution in [1.29, 1.82) is 5.26 Å². The van der Waals surface area contributed by atoms with Crippen molar-refractivity contribution < 1.29 is 14.3 Å². The largest absolute Gasteiger partial charge is 0.457 e. The van der Waals surface area contributed by atoms with E-state index in [9.17, 15) is 10.1 Å². The van der Waals surface area contributed by atoms with E-state index in [1.54, 1.807) is 18.2 Å². The van der Waals surface area contributed by atoms with E-state index >= 15 is 0 Å². The first-order chi connectivity index (χ1) is 13.7. The minimum atomic E-state index is -0.984. The number of carbonyl (C=O) groups is 1. The van der Waals surface area contributed by atoms with Crippen LogP contribution in [0.2, 0.25) is 0 Å². The lowest BCUT2D eigenvalue weighted by molar-refractivity contribution is -0.154. The zero-order chi connectivity index (χ0) is 21.2. The van der Waals surface area contributed by atoms with Gasteiger partial charge in [0.2, 0.25) is 6.10 Å². The van der Waals surface area contributed by atoms with E-state index < -0.39 is 11.5 Å². The normalized spacial score (nSPS) is 23.6. The zero-order valence-corrected chi connectivity index (χ0v) is 17.6. The highest BCUT2D eigenvalue weighted by Crippen LogP contribution is 2.70. The summed E-state index contributed by atoms with van der Waals surface area (Å²) in [5.74, 6) is 1.04. The number of esters is 1. The minimum Gasteiger partial charge on any atom is -0.457 e. The van der Waals surface area contributed by atoms with Gasteiger partial charge in [0.05, 0.1) is 5.41 Å². The van der Waals surface area contributed by atoms with E-state index in [-0.39, 0.29) is 17.3 Å². The number of carbonyl (C=O) groups excluding carboxylic acids is 1. The monoisotopic (exact) mass is 387 g/mol. The Bertz CT molecular complexity index is 973. The highest BCUT2D eigenvalue weighted by Gasteiger charge is 2.72. The number of ether oxygens (including phenoxy) is 2.